The van der Waals surface area contributed by atoms with Crippen molar-refractivity contribution in [2.24, 2.45) is 0 Å². The first kappa shape index (κ1) is 8.30. The highest BCUT2D eigenvalue weighted by Gasteiger charge is 2.04. The van der Waals surface area contributed by atoms with Crippen LogP contribution in [0, 0.1) is 22.7 Å². The van der Waals surface area contributed by atoms with E-state index >= 15 is 0 Å². The Morgan fingerprint density at radius 3 is 2.00 bits per heavy atom. The lowest BCUT2D eigenvalue weighted by Crippen LogP contribution is -1.91. The van der Waals surface area contributed by atoms with Gasteiger partial charge in [-0.25, -0.2) is 0 Å². The highest BCUT2D eigenvalue weighted by Crippen LogP contribution is 2.13. The Bertz CT molecular complexity index is 334. The molecule has 58 valence electrons. The van der Waals surface area contributed by atoms with Crippen LogP contribution in [0.4, 0.5) is 0 Å². The highest BCUT2D eigenvalue weighted by atomic mass is 14.3. The predicted octanol–water partition coefficient (Wildman–Crippen LogP) is 1.99. The normalized spacial score (nSPS) is 8.58. The maximum atomic E-state index is 8.71. The summed E-state index contributed by atoms with van der Waals surface area (Å²) in [7, 11) is 0. The number of nitrogens with zero attached hydrogens (tertiary/aromatic N) is 2. The van der Waals surface area contributed by atoms with Crippen molar-refractivity contribution in [1.29, 1.82) is 10.5 Å². The van der Waals surface area contributed by atoms with Gasteiger partial charge in [0.25, 0.3) is 0 Å². The molecular formula is C10H8N2. The molecule has 0 unspecified atom stereocenters. The molecule has 12 heavy (non-hydrogen) atoms. The fraction of sp³-hybridized carbons (Fsp3) is 0.200. The van der Waals surface area contributed by atoms with Crippen LogP contribution in [0.5, 0.6) is 0 Å². The second-order valence-corrected chi connectivity index (χ2v) is 2.41. The minimum absolute atomic E-state index is 0.608. The Balaban J connectivity index is 3.37. The lowest BCUT2D eigenvalue weighted by Gasteiger charge is -2.00. The van der Waals surface area contributed by atoms with Crippen LogP contribution in [0.1, 0.15) is 23.6 Å². The van der Waals surface area contributed by atoms with Crippen LogP contribution in [-0.4, -0.2) is 0 Å². The second kappa shape index (κ2) is 3.55. The Morgan fingerprint density at radius 1 is 1.17 bits per heavy atom. The molecule has 0 aliphatic carbocycles. The molecule has 0 radical (unpaired) electrons. The molecule has 0 N–H and O–H groups in total. The van der Waals surface area contributed by atoms with Crippen molar-refractivity contribution < 1.29 is 0 Å². The number of benzene rings is 1. The Kier molecular flexibility index (Phi) is 2.46. The molecule has 0 bridgehead atoms. The molecule has 0 saturated carbocycles. The van der Waals surface area contributed by atoms with Crippen molar-refractivity contribution in [2.45, 2.75) is 13.3 Å². The van der Waals surface area contributed by atoms with Crippen molar-refractivity contribution in [3.8, 4) is 12.1 Å². The Labute approximate surface area is 71.7 Å². The summed E-state index contributed by atoms with van der Waals surface area (Å²) in [5, 5.41) is 17.4. The molecule has 0 amide bonds. The second-order valence-electron chi connectivity index (χ2n) is 2.41. The van der Waals surface area contributed by atoms with E-state index < -0.39 is 0 Å². The third kappa shape index (κ3) is 1.28. The molecule has 0 aliphatic rings. The van der Waals surface area contributed by atoms with E-state index in [0.29, 0.717) is 11.1 Å². The predicted molar refractivity (Wildman–Crippen MR) is 45.3 cm³/mol. The zero-order chi connectivity index (χ0) is 8.97. The van der Waals surface area contributed by atoms with Crippen LogP contribution in [0.15, 0.2) is 18.2 Å². The highest BCUT2D eigenvalue weighted by molar-refractivity contribution is 5.47. The van der Waals surface area contributed by atoms with Gasteiger partial charge in [-0.2, -0.15) is 10.5 Å². The molecule has 0 spiro atoms. The smallest absolute Gasteiger partial charge is 0.0994 e. The third-order valence-electron chi connectivity index (χ3n) is 1.77. The number of nitriles is 2. The molecule has 1 aromatic carbocycles. The van der Waals surface area contributed by atoms with Crippen LogP contribution in [0.25, 0.3) is 0 Å². The molecule has 0 saturated heterocycles. The summed E-state index contributed by atoms with van der Waals surface area (Å²) < 4.78 is 0. The van der Waals surface area contributed by atoms with Gasteiger partial charge in [0.05, 0.1) is 23.3 Å². The first-order valence-electron chi connectivity index (χ1n) is 3.75. The monoisotopic (exact) mass is 156 g/mol. The fourth-order valence-electron chi connectivity index (χ4n) is 1.18. The molecule has 2 heteroatoms. The molecule has 1 aromatic rings. The van der Waals surface area contributed by atoms with E-state index in [-0.39, 0.29) is 0 Å². The summed E-state index contributed by atoms with van der Waals surface area (Å²) in [4.78, 5) is 0. The van der Waals surface area contributed by atoms with Crippen molar-refractivity contribution in [3.05, 3.63) is 34.9 Å². The van der Waals surface area contributed by atoms with E-state index in [9.17, 15) is 0 Å². The molecule has 0 heterocycles. The van der Waals surface area contributed by atoms with Crippen molar-refractivity contribution in [2.75, 3.05) is 0 Å². The van der Waals surface area contributed by atoms with Crippen LogP contribution >= 0.6 is 0 Å². The largest absolute Gasteiger partial charge is 0.192 e. The zero-order valence-electron chi connectivity index (χ0n) is 6.83. The van der Waals surface area contributed by atoms with Gasteiger partial charge in [-0.3, -0.25) is 0 Å². The van der Waals surface area contributed by atoms with E-state index in [2.05, 4.69) is 12.1 Å². The standard InChI is InChI=1S/C10H8N2/c1-2-10-8(6-11)4-3-5-9(10)7-12/h3-5H,2H2,1H3. The van der Waals surface area contributed by atoms with E-state index in [4.69, 9.17) is 10.5 Å². The van der Waals surface area contributed by atoms with Crippen LogP contribution in [-0.2, 0) is 6.42 Å². The van der Waals surface area contributed by atoms with E-state index in [1.54, 1.807) is 18.2 Å². The molecule has 0 aromatic heterocycles. The summed E-state index contributed by atoms with van der Waals surface area (Å²) in [5.74, 6) is 0. The lowest BCUT2D eigenvalue weighted by atomic mass is 10.0. The third-order valence-corrected chi connectivity index (χ3v) is 1.77. The summed E-state index contributed by atoms with van der Waals surface area (Å²) >= 11 is 0. The van der Waals surface area contributed by atoms with Crippen molar-refractivity contribution in [3.63, 3.8) is 0 Å². The number of hydrogen-bond donors (Lipinski definition) is 0. The minimum atomic E-state index is 0.608. The summed E-state index contributed by atoms with van der Waals surface area (Å²) in [6.45, 7) is 1.94. The van der Waals surface area contributed by atoms with Crippen LogP contribution < -0.4 is 0 Å². The van der Waals surface area contributed by atoms with Gasteiger partial charge in [0.15, 0.2) is 0 Å². The zero-order valence-corrected chi connectivity index (χ0v) is 6.83. The van der Waals surface area contributed by atoms with Gasteiger partial charge < -0.3 is 0 Å². The topological polar surface area (TPSA) is 47.6 Å². The summed E-state index contributed by atoms with van der Waals surface area (Å²) in [6.07, 6.45) is 0.729. The number of rotatable bonds is 1. The van der Waals surface area contributed by atoms with Gasteiger partial charge in [-0.05, 0) is 24.1 Å². The van der Waals surface area contributed by atoms with Crippen molar-refractivity contribution >= 4 is 0 Å². The minimum Gasteiger partial charge on any atom is -0.192 e. The maximum Gasteiger partial charge on any atom is 0.0994 e. The van der Waals surface area contributed by atoms with E-state index in [1.165, 1.54) is 0 Å². The van der Waals surface area contributed by atoms with Gasteiger partial charge in [-0.15, -0.1) is 0 Å². The van der Waals surface area contributed by atoms with Gasteiger partial charge in [0.1, 0.15) is 0 Å². The molecule has 0 fully saturated rings. The molecule has 2 nitrogen and oxygen atoms in total. The average Bonchev–Trinajstić information content (AvgIpc) is 2.16. The quantitative estimate of drug-likeness (QED) is 0.624. The Hall–Kier alpha value is -1.80. The van der Waals surface area contributed by atoms with Gasteiger partial charge >= 0.3 is 0 Å². The molecular weight excluding hydrogens is 148 g/mol. The first-order chi connectivity index (χ1) is 5.83. The van der Waals surface area contributed by atoms with E-state index in [0.717, 1.165) is 12.0 Å². The van der Waals surface area contributed by atoms with Gasteiger partial charge in [-0.1, -0.05) is 13.0 Å². The summed E-state index contributed by atoms with van der Waals surface area (Å²) in [6, 6.07) is 9.34. The van der Waals surface area contributed by atoms with Crippen molar-refractivity contribution in [1.82, 2.24) is 0 Å². The summed E-state index contributed by atoms with van der Waals surface area (Å²) in [5.41, 5.74) is 2.07. The number of hydrogen-bond acceptors (Lipinski definition) is 2. The van der Waals surface area contributed by atoms with Crippen LogP contribution in [0.3, 0.4) is 0 Å². The van der Waals surface area contributed by atoms with Gasteiger partial charge in [0.2, 0.25) is 0 Å². The molecule has 1 rings (SSSR count). The van der Waals surface area contributed by atoms with Gasteiger partial charge in [0, 0.05) is 0 Å². The Morgan fingerprint density at radius 2 is 1.67 bits per heavy atom. The van der Waals surface area contributed by atoms with E-state index in [1.807, 2.05) is 6.92 Å². The maximum absolute atomic E-state index is 8.71. The lowest BCUT2D eigenvalue weighted by molar-refractivity contribution is 1.11. The SMILES string of the molecule is CCc1c(C#N)cccc1C#N. The average molecular weight is 156 g/mol. The fourth-order valence-corrected chi connectivity index (χ4v) is 1.18. The van der Waals surface area contributed by atoms with Crippen LogP contribution in [0.2, 0.25) is 0 Å². The molecule has 0 atom stereocenters. The first-order valence-corrected chi connectivity index (χ1v) is 3.75. The molecule has 0 aliphatic heterocycles.